The molecule has 0 bridgehead atoms. The monoisotopic (exact) mass is 402 g/mol. The summed E-state index contributed by atoms with van der Waals surface area (Å²) in [4.78, 5) is 11.9. The maximum atomic E-state index is 13.5. The van der Waals surface area contributed by atoms with Gasteiger partial charge in [0.25, 0.3) is 0 Å². The number of pyridine rings is 1. The van der Waals surface area contributed by atoms with Gasteiger partial charge in [-0.05, 0) is 37.3 Å². The summed E-state index contributed by atoms with van der Waals surface area (Å²) >= 11 is 0. The maximum absolute atomic E-state index is 13.5. The highest BCUT2D eigenvalue weighted by atomic mass is 19.4. The molecule has 0 unspecified atom stereocenters. The number of nitrogens with zero attached hydrogens (tertiary/aromatic N) is 4. The molecular weight excluding hydrogens is 381 g/mol. The van der Waals surface area contributed by atoms with Crippen molar-refractivity contribution in [2.45, 2.75) is 46.3 Å². The van der Waals surface area contributed by atoms with E-state index < -0.39 is 11.9 Å². The molecule has 9 heteroatoms. The maximum Gasteiger partial charge on any atom is 0.433 e. The van der Waals surface area contributed by atoms with Gasteiger partial charge in [-0.1, -0.05) is 13.8 Å². The van der Waals surface area contributed by atoms with Crippen LogP contribution in [-0.2, 0) is 25.6 Å². The number of fused-ring (bicyclic) bond motifs is 1. The van der Waals surface area contributed by atoms with Gasteiger partial charge in [0.05, 0.1) is 5.69 Å². The largest absolute Gasteiger partial charge is 0.433 e. The summed E-state index contributed by atoms with van der Waals surface area (Å²) < 4.78 is 40.4. The normalized spacial score (nSPS) is 15.4. The lowest BCUT2D eigenvalue weighted by Crippen LogP contribution is -2.12. The molecule has 0 amide bonds. The molecule has 0 saturated carbocycles. The molecule has 1 aliphatic carbocycles. The van der Waals surface area contributed by atoms with Crippen molar-refractivity contribution >= 4 is 5.82 Å². The van der Waals surface area contributed by atoms with E-state index in [1.54, 1.807) is 25.4 Å². The summed E-state index contributed by atoms with van der Waals surface area (Å²) in [6, 6.07) is 2.66. The van der Waals surface area contributed by atoms with Gasteiger partial charge in [0.15, 0.2) is 0 Å². The molecule has 0 aliphatic heterocycles. The highest BCUT2D eigenvalue weighted by molar-refractivity contribution is 5.68. The quantitative estimate of drug-likeness (QED) is 0.679. The van der Waals surface area contributed by atoms with Gasteiger partial charge in [-0.25, -0.2) is 15.0 Å². The lowest BCUT2D eigenvalue weighted by atomic mass is 9.90. The molecule has 0 aromatic carbocycles. The van der Waals surface area contributed by atoms with Gasteiger partial charge in [-0.3, -0.25) is 5.10 Å². The van der Waals surface area contributed by atoms with Crippen LogP contribution in [-0.4, -0.2) is 25.1 Å². The van der Waals surface area contributed by atoms with E-state index in [0.29, 0.717) is 17.1 Å². The fourth-order valence-corrected chi connectivity index (χ4v) is 3.60. The van der Waals surface area contributed by atoms with Gasteiger partial charge in [0.1, 0.15) is 17.3 Å². The van der Waals surface area contributed by atoms with E-state index in [9.17, 15) is 13.2 Å². The third kappa shape index (κ3) is 4.08. The number of halogens is 3. The first-order chi connectivity index (χ1) is 13.6. The highest BCUT2D eigenvalue weighted by Crippen LogP contribution is 2.41. The Hall–Kier alpha value is -2.97. The number of nitrogens with one attached hydrogen (secondary N) is 2. The Kier molecular flexibility index (Phi) is 4.55. The van der Waals surface area contributed by atoms with Crippen LogP contribution >= 0.6 is 0 Å². The number of aryl methyl sites for hydroxylation is 1. The molecule has 2 N–H and O–H groups in total. The van der Waals surface area contributed by atoms with E-state index in [2.05, 4.69) is 44.3 Å². The van der Waals surface area contributed by atoms with Crippen molar-refractivity contribution < 1.29 is 13.2 Å². The number of aromatic nitrogens is 5. The predicted molar refractivity (Wildman–Crippen MR) is 102 cm³/mol. The summed E-state index contributed by atoms with van der Waals surface area (Å²) in [6.45, 7) is 6.30. The van der Waals surface area contributed by atoms with Crippen LogP contribution < -0.4 is 5.32 Å². The van der Waals surface area contributed by atoms with Crippen LogP contribution in [0.15, 0.2) is 24.5 Å². The number of rotatable bonds is 4. The minimum absolute atomic E-state index is 0.0608. The third-order valence-corrected chi connectivity index (χ3v) is 4.96. The zero-order valence-electron chi connectivity index (χ0n) is 16.4. The Morgan fingerprint density at radius 2 is 1.86 bits per heavy atom. The molecule has 0 spiro atoms. The van der Waals surface area contributed by atoms with Crippen molar-refractivity contribution in [2.75, 3.05) is 5.32 Å². The molecule has 1 aliphatic rings. The number of hydrogen-bond acceptors (Lipinski definition) is 5. The van der Waals surface area contributed by atoms with E-state index in [1.807, 2.05) is 0 Å². The molecule has 3 aromatic rings. The van der Waals surface area contributed by atoms with Crippen LogP contribution in [0.5, 0.6) is 0 Å². The summed E-state index contributed by atoms with van der Waals surface area (Å²) in [5.74, 6) is 0.757. The van der Waals surface area contributed by atoms with Crippen molar-refractivity contribution in [1.29, 1.82) is 0 Å². The summed E-state index contributed by atoms with van der Waals surface area (Å²) in [5, 5.41) is 10.2. The Labute approximate surface area is 166 Å². The average molecular weight is 402 g/mol. The standard InChI is InChI=1S/C20H21F3N6/c1-11-24-8-12(9-25-11)10-26-17-5-13(4-16(27-17)20(21,22)23)18-14-6-19(2,3)7-15(14)28-29-18/h4-5,8-9H,6-7,10H2,1-3H3,(H,26,27)(H,28,29). The summed E-state index contributed by atoms with van der Waals surface area (Å²) in [5.41, 5.74) is 2.77. The smallest absolute Gasteiger partial charge is 0.366 e. The topological polar surface area (TPSA) is 79.4 Å². The molecule has 3 heterocycles. The van der Waals surface area contributed by atoms with E-state index >= 15 is 0 Å². The van der Waals surface area contributed by atoms with E-state index in [4.69, 9.17) is 0 Å². The number of anilines is 1. The van der Waals surface area contributed by atoms with Gasteiger partial charge < -0.3 is 5.32 Å². The molecule has 29 heavy (non-hydrogen) atoms. The van der Waals surface area contributed by atoms with Crippen LogP contribution in [0.4, 0.5) is 19.0 Å². The molecule has 152 valence electrons. The fourth-order valence-electron chi connectivity index (χ4n) is 3.60. The van der Waals surface area contributed by atoms with Gasteiger partial charge in [-0.15, -0.1) is 0 Å². The first-order valence-electron chi connectivity index (χ1n) is 9.28. The molecule has 0 radical (unpaired) electrons. The van der Waals surface area contributed by atoms with Crippen LogP contribution in [0.2, 0.25) is 0 Å². The molecule has 0 atom stereocenters. The molecule has 0 saturated heterocycles. The number of H-pyrrole nitrogens is 1. The van der Waals surface area contributed by atoms with E-state index in [-0.39, 0.29) is 17.8 Å². The Morgan fingerprint density at radius 3 is 2.55 bits per heavy atom. The van der Waals surface area contributed by atoms with Crippen molar-refractivity contribution in [3.8, 4) is 11.3 Å². The van der Waals surface area contributed by atoms with E-state index in [1.165, 1.54) is 0 Å². The Morgan fingerprint density at radius 1 is 1.14 bits per heavy atom. The SMILES string of the molecule is Cc1ncc(CNc2cc(-c3n[nH]c4c3CC(C)(C)C4)cc(C(F)(F)F)n2)cn1. The lowest BCUT2D eigenvalue weighted by molar-refractivity contribution is -0.141. The zero-order valence-corrected chi connectivity index (χ0v) is 16.4. The number of alkyl halides is 3. The second-order valence-corrected chi connectivity index (χ2v) is 8.16. The predicted octanol–water partition coefficient (Wildman–Crippen LogP) is 4.33. The average Bonchev–Trinajstić information content (AvgIpc) is 3.15. The first kappa shape index (κ1) is 19.4. The fraction of sp³-hybridized carbons (Fsp3) is 0.400. The van der Waals surface area contributed by atoms with Crippen LogP contribution in [0.1, 0.15) is 42.2 Å². The molecule has 3 aromatic heterocycles. The summed E-state index contributed by atoms with van der Waals surface area (Å²) in [6.07, 6.45) is 0.295. The van der Waals surface area contributed by atoms with Gasteiger partial charge in [0, 0.05) is 41.3 Å². The van der Waals surface area contributed by atoms with Gasteiger partial charge in [-0.2, -0.15) is 18.3 Å². The van der Waals surface area contributed by atoms with Gasteiger partial charge in [0.2, 0.25) is 0 Å². The van der Waals surface area contributed by atoms with Crippen molar-refractivity contribution in [3.05, 3.63) is 52.9 Å². The van der Waals surface area contributed by atoms with Crippen LogP contribution in [0, 0.1) is 12.3 Å². The Balaban J connectivity index is 1.68. The Bertz CT molecular complexity index is 1040. The zero-order chi connectivity index (χ0) is 20.8. The van der Waals surface area contributed by atoms with Crippen molar-refractivity contribution in [3.63, 3.8) is 0 Å². The molecule has 4 rings (SSSR count). The summed E-state index contributed by atoms with van der Waals surface area (Å²) in [7, 11) is 0. The highest BCUT2D eigenvalue weighted by Gasteiger charge is 2.36. The second-order valence-electron chi connectivity index (χ2n) is 8.16. The molecular formula is C20H21F3N6. The van der Waals surface area contributed by atoms with Gasteiger partial charge >= 0.3 is 6.18 Å². The van der Waals surface area contributed by atoms with Crippen LogP contribution in [0.25, 0.3) is 11.3 Å². The van der Waals surface area contributed by atoms with Crippen LogP contribution in [0.3, 0.4) is 0 Å². The first-order valence-corrected chi connectivity index (χ1v) is 9.28. The minimum Gasteiger partial charge on any atom is -0.366 e. The number of hydrogen-bond donors (Lipinski definition) is 2. The van der Waals surface area contributed by atoms with Crippen molar-refractivity contribution in [1.82, 2.24) is 25.1 Å². The third-order valence-electron chi connectivity index (χ3n) is 4.96. The van der Waals surface area contributed by atoms with E-state index in [0.717, 1.165) is 35.7 Å². The molecule has 0 fully saturated rings. The molecule has 6 nitrogen and oxygen atoms in total. The second kappa shape index (κ2) is 6.82. The van der Waals surface area contributed by atoms with Crippen molar-refractivity contribution in [2.24, 2.45) is 5.41 Å². The lowest BCUT2D eigenvalue weighted by Gasteiger charge is -2.16. The minimum atomic E-state index is -4.56. The number of aromatic amines is 1.